The quantitative estimate of drug-likeness (QED) is 0.364. The lowest BCUT2D eigenvalue weighted by atomic mass is 10.0. The fraction of sp³-hybridized carbons (Fsp3) is 0.240. The number of methoxy groups -OCH3 is 3. The van der Waals surface area contributed by atoms with Crippen LogP contribution in [0.4, 0.5) is 0 Å². The molecule has 0 unspecified atom stereocenters. The van der Waals surface area contributed by atoms with E-state index >= 15 is 0 Å². The van der Waals surface area contributed by atoms with Crippen LogP contribution in [0.25, 0.3) is 21.9 Å². The van der Waals surface area contributed by atoms with E-state index in [1.165, 1.54) is 33.5 Å². The first-order valence-corrected chi connectivity index (χ1v) is 10.6. The summed E-state index contributed by atoms with van der Waals surface area (Å²) in [7, 11) is 4.08. The van der Waals surface area contributed by atoms with Crippen LogP contribution >= 0.6 is 0 Å². The second kappa shape index (κ2) is 8.48. The largest absolute Gasteiger partial charge is 0.504 e. The van der Waals surface area contributed by atoms with Gasteiger partial charge in [0.05, 0.1) is 33.3 Å². The fourth-order valence-electron chi connectivity index (χ4n) is 4.26. The predicted molar refractivity (Wildman–Crippen MR) is 124 cm³/mol. The molecule has 2 heterocycles. The minimum absolute atomic E-state index is 0.00510. The van der Waals surface area contributed by atoms with Crippen molar-refractivity contribution >= 4 is 21.9 Å². The molecular weight excluding hydrogens is 460 g/mol. The highest BCUT2D eigenvalue weighted by Gasteiger charge is 2.39. The Morgan fingerprint density at radius 2 is 1.60 bits per heavy atom. The number of rotatable bonds is 5. The summed E-state index contributed by atoms with van der Waals surface area (Å²) in [4.78, 5) is 13.2. The topological polar surface area (TPSA) is 137 Å². The molecule has 0 amide bonds. The van der Waals surface area contributed by atoms with Crippen LogP contribution in [0.3, 0.4) is 0 Å². The summed E-state index contributed by atoms with van der Waals surface area (Å²) in [5, 5.41) is 31.5. The molecule has 0 aliphatic carbocycles. The number of ether oxygens (including phenoxy) is 5. The maximum Gasteiger partial charge on any atom is 0.212 e. The van der Waals surface area contributed by atoms with Crippen LogP contribution in [0.1, 0.15) is 11.7 Å². The normalized spacial score (nSPS) is 16.9. The van der Waals surface area contributed by atoms with Gasteiger partial charge in [0.1, 0.15) is 11.0 Å². The molecular formula is C25H22O10. The molecule has 0 bridgehead atoms. The van der Waals surface area contributed by atoms with Gasteiger partial charge in [-0.15, -0.1) is 0 Å². The second-order valence-corrected chi connectivity index (χ2v) is 7.82. The van der Waals surface area contributed by atoms with Crippen molar-refractivity contribution in [2.24, 2.45) is 0 Å². The number of hydrogen-bond acceptors (Lipinski definition) is 10. The zero-order valence-electron chi connectivity index (χ0n) is 19.0. The molecule has 1 aliphatic rings. The number of phenolic OH excluding ortho intramolecular Hbond substituents is 2. The highest BCUT2D eigenvalue weighted by Crippen LogP contribution is 2.55. The van der Waals surface area contributed by atoms with E-state index in [-0.39, 0.29) is 56.4 Å². The fourth-order valence-corrected chi connectivity index (χ4v) is 4.26. The highest BCUT2D eigenvalue weighted by atomic mass is 16.6. The van der Waals surface area contributed by atoms with Gasteiger partial charge in [-0.25, -0.2) is 0 Å². The van der Waals surface area contributed by atoms with Crippen molar-refractivity contribution in [2.45, 2.75) is 12.2 Å². The third kappa shape index (κ3) is 3.33. The maximum absolute atomic E-state index is 13.2. The first kappa shape index (κ1) is 22.5. The minimum Gasteiger partial charge on any atom is -0.504 e. The maximum atomic E-state index is 13.2. The number of aromatic hydroxyl groups is 2. The number of para-hydroxylation sites is 1. The van der Waals surface area contributed by atoms with Crippen molar-refractivity contribution in [2.75, 3.05) is 27.9 Å². The molecule has 1 aromatic heterocycles. The number of fused-ring (bicyclic) bond motifs is 4. The van der Waals surface area contributed by atoms with Crippen molar-refractivity contribution in [1.82, 2.24) is 0 Å². The molecule has 3 N–H and O–H groups in total. The van der Waals surface area contributed by atoms with Crippen LogP contribution in [0.5, 0.6) is 40.2 Å². The van der Waals surface area contributed by atoms with Gasteiger partial charge in [0.15, 0.2) is 35.0 Å². The Hall–Kier alpha value is -4.31. The molecule has 0 saturated heterocycles. The van der Waals surface area contributed by atoms with Crippen LogP contribution in [0.15, 0.2) is 45.6 Å². The Balaban J connectivity index is 1.76. The van der Waals surface area contributed by atoms with Gasteiger partial charge >= 0.3 is 0 Å². The van der Waals surface area contributed by atoms with Crippen LogP contribution < -0.4 is 29.1 Å². The third-order valence-electron chi connectivity index (χ3n) is 5.93. The average molecular weight is 482 g/mol. The van der Waals surface area contributed by atoms with Crippen molar-refractivity contribution < 1.29 is 43.4 Å². The summed E-state index contributed by atoms with van der Waals surface area (Å²) in [6.07, 6.45) is -1.90. The molecule has 0 spiro atoms. The highest BCUT2D eigenvalue weighted by molar-refractivity contribution is 6.00. The smallest absolute Gasteiger partial charge is 0.212 e. The lowest BCUT2D eigenvalue weighted by Gasteiger charge is -2.34. The molecule has 35 heavy (non-hydrogen) atoms. The summed E-state index contributed by atoms with van der Waals surface area (Å²) >= 11 is 0. The van der Waals surface area contributed by atoms with E-state index in [1.54, 1.807) is 24.3 Å². The zero-order valence-corrected chi connectivity index (χ0v) is 19.0. The summed E-state index contributed by atoms with van der Waals surface area (Å²) in [5.41, 5.74) is 0.221. The Morgan fingerprint density at radius 1 is 0.914 bits per heavy atom. The van der Waals surface area contributed by atoms with Crippen molar-refractivity contribution in [3.8, 4) is 40.2 Å². The molecule has 3 aromatic carbocycles. The molecule has 4 aromatic rings. The van der Waals surface area contributed by atoms with Crippen LogP contribution in [-0.4, -0.2) is 49.4 Å². The second-order valence-electron chi connectivity index (χ2n) is 7.82. The van der Waals surface area contributed by atoms with Gasteiger partial charge in [0, 0.05) is 5.56 Å². The first-order chi connectivity index (χ1) is 16.9. The van der Waals surface area contributed by atoms with Gasteiger partial charge in [0.2, 0.25) is 28.4 Å². The third-order valence-corrected chi connectivity index (χ3v) is 5.93. The van der Waals surface area contributed by atoms with Gasteiger partial charge in [-0.1, -0.05) is 12.1 Å². The SMILES string of the molecule is COc1cc([C@@H]2Oc3c(OC)c(O)c4c(=O)c5ccccc5oc4c3O[C@@H]2CO)cc(OC)c1O. The van der Waals surface area contributed by atoms with E-state index in [2.05, 4.69) is 0 Å². The van der Waals surface area contributed by atoms with E-state index in [4.69, 9.17) is 28.1 Å². The molecule has 182 valence electrons. The number of phenols is 2. The van der Waals surface area contributed by atoms with Crippen LogP contribution in [-0.2, 0) is 0 Å². The Bertz CT molecular complexity index is 1480. The summed E-state index contributed by atoms with van der Waals surface area (Å²) in [6.45, 7) is -0.474. The zero-order chi connectivity index (χ0) is 24.9. The lowest BCUT2D eigenvalue weighted by Crippen LogP contribution is -2.36. The molecule has 5 rings (SSSR count). The van der Waals surface area contributed by atoms with Gasteiger partial charge in [-0.3, -0.25) is 4.79 Å². The Labute approximate surface area is 198 Å². The lowest BCUT2D eigenvalue weighted by molar-refractivity contribution is -0.0137. The summed E-state index contributed by atoms with van der Waals surface area (Å²) < 4.78 is 34.1. The van der Waals surface area contributed by atoms with E-state index in [9.17, 15) is 20.1 Å². The van der Waals surface area contributed by atoms with E-state index < -0.39 is 30.0 Å². The van der Waals surface area contributed by atoms with E-state index in [0.717, 1.165) is 0 Å². The molecule has 2 atom stereocenters. The van der Waals surface area contributed by atoms with Crippen LogP contribution in [0.2, 0.25) is 0 Å². The molecule has 10 heteroatoms. The molecule has 0 saturated carbocycles. The Kier molecular flexibility index (Phi) is 5.45. The molecule has 0 radical (unpaired) electrons. The van der Waals surface area contributed by atoms with E-state index in [0.29, 0.717) is 5.56 Å². The molecule has 0 fully saturated rings. The number of aliphatic hydroxyl groups excluding tert-OH is 1. The van der Waals surface area contributed by atoms with Gasteiger partial charge in [0.25, 0.3) is 0 Å². The van der Waals surface area contributed by atoms with Gasteiger partial charge < -0.3 is 43.4 Å². The number of aliphatic hydroxyl groups is 1. The minimum atomic E-state index is -0.962. The van der Waals surface area contributed by atoms with Crippen molar-refractivity contribution in [3.63, 3.8) is 0 Å². The van der Waals surface area contributed by atoms with Gasteiger partial charge in [-0.05, 0) is 24.3 Å². The van der Waals surface area contributed by atoms with E-state index in [1.807, 2.05) is 0 Å². The van der Waals surface area contributed by atoms with Crippen LogP contribution in [0, 0.1) is 0 Å². The predicted octanol–water partition coefficient (Wildman–Crippen LogP) is 3.26. The molecule has 1 aliphatic heterocycles. The average Bonchev–Trinajstić information content (AvgIpc) is 2.88. The van der Waals surface area contributed by atoms with Crippen molar-refractivity contribution in [1.29, 1.82) is 0 Å². The monoisotopic (exact) mass is 482 g/mol. The molecule has 10 nitrogen and oxygen atoms in total. The number of benzene rings is 3. The standard InChI is InChI=1S/C25H22O10/c1-30-14-8-11(9-15(31-2)19(14)28)21-16(10-26)34-24-22-17(20(29)23(32-3)25(24)35-21)18(27)12-6-4-5-7-13(12)33-22/h4-9,16,21,26,28-29H,10H2,1-3H3/t16-,21+/m1/s1. The summed E-state index contributed by atoms with van der Waals surface area (Å²) in [6, 6.07) is 9.63. The number of hydrogen-bond donors (Lipinski definition) is 3. The Morgan fingerprint density at radius 3 is 2.23 bits per heavy atom. The first-order valence-electron chi connectivity index (χ1n) is 10.6. The summed E-state index contributed by atoms with van der Waals surface area (Å²) in [5.74, 6) is -0.568. The van der Waals surface area contributed by atoms with Gasteiger partial charge in [-0.2, -0.15) is 0 Å². The van der Waals surface area contributed by atoms with Crippen molar-refractivity contribution in [3.05, 3.63) is 52.2 Å².